The van der Waals surface area contributed by atoms with Gasteiger partial charge < -0.3 is 9.80 Å². The fourth-order valence-corrected chi connectivity index (χ4v) is 5.33. The molecule has 22 heavy (non-hydrogen) atoms. The lowest BCUT2D eigenvalue weighted by molar-refractivity contribution is 0.634. The van der Waals surface area contributed by atoms with Gasteiger partial charge in [-0.25, -0.2) is 9.97 Å². The molecule has 0 amide bonds. The average molecular weight is 339 g/mol. The molecule has 4 nitrogen and oxygen atoms in total. The van der Waals surface area contributed by atoms with Crippen molar-refractivity contribution < 1.29 is 0 Å². The number of thioether (sulfide) groups is 2. The Hall–Kier alpha value is -0.620. The second-order valence-corrected chi connectivity index (χ2v) is 10.9. The normalized spacial score (nSPS) is 24.4. The first kappa shape index (κ1) is 16.2. The molecular formula is C16H26N4S2. The maximum atomic E-state index is 4.53. The molecule has 122 valence electrons. The molecule has 2 aliphatic rings. The summed E-state index contributed by atoms with van der Waals surface area (Å²) in [6.07, 6.45) is 1.73. The van der Waals surface area contributed by atoms with E-state index in [1.54, 1.807) is 6.33 Å². The largest absolute Gasteiger partial charge is 0.354 e. The van der Waals surface area contributed by atoms with Crippen LogP contribution < -0.4 is 9.80 Å². The first-order valence-electron chi connectivity index (χ1n) is 7.95. The highest BCUT2D eigenvalue weighted by Gasteiger charge is 2.30. The van der Waals surface area contributed by atoms with Gasteiger partial charge in [0.05, 0.1) is 0 Å². The molecule has 0 aromatic carbocycles. The monoisotopic (exact) mass is 338 g/mol. The summed E-state index contributed by atoms with van der Waals surface area (Å²) in [5, 5.41) is 0. The van der Waals surface area contributed by atoms with Gasteiger partial charge in [0.2, 0.25) is 0 Å². The molecule has 0 unspecified atom stereocenters. The Morgan fingerprint density at radius 1 is 0.864 bits per heavy atom. The van der Waals surface area contributed by atoms with Gasteiger partial charge in [0.15, 0.2) is 0 Å². The lowest BCUT2D eigenvalue weighted by Gasteiger charge is -2.40. The Kier molecular flexibility index (Phi) is 4.52. The van der Waals surface area contributed by atoms with Gasteiger partial charge in [0.25, 0.3) is 0 Å². The minimum atomic E-state index is 0.299. The highest BCUT2D eigenvalue weighted by molar-refractivity contribution is 8.00. The minimum Gasteiger partial charge on any atom is -0.354 e. The van der Waals surface area contributed by atoms with Gasteiger partial charge in [0, 0.05) is 53.2 Å². The molecule has 3 rings (SSSR count). The molecule has 0 N–H and O–H groups in total. The van der Waals surface area contributed by atoms with Gasteiger partial charge in [0.1, 0.15) is 18.0 Å². The number of nitrogens with zero attached hydrogens (tertiary/aromatic N) is 4. The summed E-state index contributed by atoms with van der Waals surface area (Å²) in [6.45, 7) is 13.5. The number of rotatable bonds is 2. The highest BCUT2D eigenvalue weighted by atomic mass is 32.2. The van der Waals surface area contributed by atoms with Gasteiger partial charge in [-0.3, -0.25) is 0 Å². The predicted octanol–water partition coefficient (Wildman–Crippen LogP) is 3.14. The minimum absolute atomic E-state index is 0.299. The second kappa shape index (κ2) is 6.11. The van der Waals surface area contributed by atoms with E-state index in [1.165, 1.54) is 11.5 Å². The first-order chi connectivity index (χ1) is 10.3. The van der Waals surface area contributed by atoms with Gasteiger partial charge >= 0.3 is 0 Å². The van der Waals surface area contributed by atoms with E-state index in [-0.39, 0.29) is 0 Å². The van der Waals surface area contributed by atoms with Crippen LogP contribution in [-0.2, 0) is 0 Å². The molecule has 0 aliphatic carbocycles. The zero-order valence-corrected chi connectivity index (χ0v) is 15.6. The Balaban J connectivity index is 1.78. The summed E-state index contributed by atoms with van der Waals surface area (Å²) in [5.74, 6) is 4.49. The molecule has 6 heteroatoms. The average Bonchev–Trinajstić information content (AvgIpc) is 2.45. The number of anilines is 2. The molecule has 0 spiro atoms. The van der Waals surface area contributed by atoms with Crippen LogP contribution in [0.2, 0.25) is 0 Å². The zero-order chi connectivity index (χ0) is 15.8. The fourth-order valence-electron chi connectivity index (χ4n) is 3.11. The van der Waals surface area contributed by atoms with E-state index < -0.39 is 0 Å². The van der Waals surface area contributed by atoms with Crippen molar-refractivity contribution in [2.45, 2.75) is 37.2 Å². The molecule has 1 aromatic heterocycles. The van der Waals surface area contributed by atoms with Crippen LogP contribution >= 0.6 is 23.5 Å². The lowest BCUT2D eigenvalue weighted by atomic mass is 10.1. The van der Waals surface area contributed by atoms with Crippen LogP contribution in [0.15, 0.2) is 12.4 Å². The van der Waals surface area contributed by atoms with Crippen molar-refractivity contribution in [2.75, 3.05) is 47.5 Å². The van der Waals surface area contributed by atoms with Gasteiger partial charge in [-0.2, -0.15) is 23.5 Å². The van der Waals surface area contributed by atoms with E-state index in [0.29, 0.717) is 9.49 Å². The third-order valence-corrected chi connectivity index (χ3v) is 6.73. The predicted molar refractivity (Wildman–Crippen MR) is 99.5 cm³/mol. The van der Waals surface area contributed by atoms with E-state index in [4.69, 9.17) is 0 Å². The van der Waals surface area contributed by atoms with Crippen LogP contribution in [0.4, 0.5) is 11.6 Å². The Labute approximate surface area is 142 Å². The number of hydrogen-bond acceptors (Lipinski definition) is 6. The van der Waals surface area contributed by atoms with Crippen LogP contribution in [0.3, 0.4) is 0 Å². The Bertz CT molecular complexity index is 489. The molecule has 0 atom stereocenters. The smallest absolute Gasteiger partial charge is 0.134 e. The first-order valence-corrected chi connectivity index (χ1v) is 9.92. The second-order valence-electron chi connectivity index (χ2n) is 7.29. The third-order valence-electron chi connectivity index (χ3n) is 4.14. The molecule has 1 aromatic rings. The van der Waals surface area contributed by atoms with E-state index in [9.17, 15) is 0 Å². The number of aromatic nitrogens is 2. The SMILES string of the molecule is CC1(C)CN(c2cc(N3CCSC(C)(C)C3)ncn2)CCS1. The third kappa shape index (κ3) is 3.82. The molecule has 0 bridgehead atoms. The summed E-state index contributed by atoms with van der Waals surface area (Å²) in [5.41, 5.74) is 0. The van der Waals surface area contributed by atoms with Crippen LogP contribution in [0, 0.1) is 0 Å². The molecule has 0 saturated carbocycles. The van der Waals surface area contributed by atoms with Crippen LogP contribution in [0.5, 0.6) is 0 Å². The highest BCUT2D eigenvalue weighted by Crippen LogP contribution is 2.34. The molecular weight excluding hydrogens is 312 g/mol. The summed E-state index contributed by atoms with van der Waals surface area (Å²) in [4.78, 5) is 13.9. The van der Waals surface area contributed by atoms with Crippen molar-refractivity contribution in [1.29, 1.82) is 0 Å². The van der Waals surface area contributed by atoms with Crippen LogP contribution in [-0.4, -0.2) is 57.1 Å². The van der Waals surface area contributed by atoms with Crippen LogP contribution in [0.25, 0.3) is 0 Å². The van der Waals surface area contributed by atoms with E-state index in [1.807, 2.05) is 0 Å². The maximum Gasteiger partial charge on any atom is 0.134 e. The van der Waals surface area contributed by atoms with Crippen molar-refractivity contribution >= 4 is 35.2 Å². The van der Waals surface area contributed by atoms with Gasteiger partial charge in [-0.05, 0) is 27.7 Å². The maximum absolute atomic E-state index is 4.53. The van der Waals surface area contributed by atoms with Gasteiger partial charge in [-0.1, -0.05) is 0 Å². The van der Waals surface area contributed by atoms with Crippen molar-refractivity contribution in [1.82, 2.24) is 9.97 Å². The van der Waals surface area contributed by atoms with Crippen molar-refractivity contribution in [2.24, 2.45) is 0 Å². The standard InChI is InChI=1S/C16H26N4S2/c1-15(2)10-19(5-7-21-15)13-9-14(18-12-17-13)20-6-8-22-16(3,4)11-20/h9,12H,5-8,10-11H2,1-4H3. The van der Waals surface area contributed by atoms with Crippen molar-refractivity contribution in [3.8, 4) is 0 Å². The lowest BCUT2D eigenvalue weighted by Crippen LogP contribution is -2.44. The quantitative estimate of drug-likeness (QED) is 0.824. The molecule has 0 radical (unpaired) electrons. The summed E-state index contributed by atoms with van der Waals surface area (Å²) < 4.78 is 0.597. The Morgan fingerprint density at radius 2 is 1.32 bits per heavy atom. The Morgan fingerprint density at radius 3 is 1.73 bits per heavy atom. The molecule has 2 fully saturated rings. The zero-order valence-electron chi connectivity index (χ0n) is 14.0. The molecule has 2 aliphatic heterocycles. The summed E-state index contributed by atoms with van der Waals surface area (Å²) >= 11 is 4.11. The van der Waals surface area contributed by atoms with Gasteiger partial charge in [-0.15, -0.1) is 0 Å². The van der Waals surface area contributed by atoms with E-state index >= 15 is 0 Å². The van der Waals surface area contributed by atoms with Crippen molar-refractivity contribution in [3.05, 3.63) is 12.4 Å². The van der Waals surface area contributed by atoms with E-state index in [2.05, 4.69) is 77.1 Å². The fraction of sp³-hybridized carbons (Fsp3) is 0.750. The summed E-state index contributed by atoms with van der Waals surface area (Å²) in [7, 11) is 0. The van der Waals surface area contributed by atoms with Crippen LogP contribution in [0.1, 0.15) is 27.7 Å². The number of hydrogen-bond donors (Lipinski definition) is 0. The molecule has 3 heterocycles. The summed E-state index contributed by atoms with van der Waals surface area (Å²) in [6, 6.07) is 2.18. The topological polar surface area (TPSA) is 32.3 Å². The van der Waals surface area contributed by atoms with E-state index in [0.717, 1.165) is 37.8 Å². The van der Waals surface area contributed by atoms with Crippen molar-refractivity contribution in [3.63, 3.8) is 0 Å². The molecule has 2 saturated heterocycles.